The van der Waals surface area contributed by atoms with E-state index in [2.05, 4.69) is 4.90 Å². The monoisotopic (exact) mass is 171 g/mol. The van der Waals surface area contributed by atoms with Crippen molar-refractivity contribution in [2.24, 2.45) is 0 Å². The summed E-state index contributed by atoms with van der Waals surface area (Å²) in [5.41, 5.74) is 0. The summed E-state index contributed by atoms with van der Waals surface area (Å²) >= 11 is 0. The molecule has 70 valence electrons. The van der Waals surface area contributed by atoms with Crippen LogP contribution in [-0.2, 0) is 0 Å². The Morgan fingerprint density at radius 3 is 2.75 bits per heavy atom. The van der Waals surface area contributed by atoms with Crippen molar-refractivity contribution >= 4 is 0 Å². The van der Waals surface area contributed by atoms with Gasteiger partial charge in [-0.25, -0.2) is 0 Å². The molecule has 0 aromatic carbocycles. The average Bonchev–Trinajstić information content (AvgIpc) is 2.07. The molecule has 0 radical (unpaired) electrons. The first-order chi connectivity index (χ1) is 5.77. The van der Waals surface area contributed by atoms with Gasteiger partial charge in [0.1, 0.15) is 0 Å². The van der Waals surface area contributed by atoms with Crippen LogP contribution in [0.25, 0.3) is 0 Å². The Morgan fingerprint density at radius 1 is 1.08 bits per heavy atom. The van der Waals surface area contributed by atoms with E-state index < -0.39 is 12.2 Å². The van der Waals surface area contributed by atoms with Gasteiger partial charge in [-0.3, -0.25) is 4.90 Å². The second-order valence-electron chi connectivity index (χ2n) is 4.01. The van der Waals surface area contributed by atoms with Crippen molar-refractivity contribution < 1.29 is 10.2 Å². The van der Waals surface area contributed by atoms with Crippen LogP contribution >= 0.6 is 0 Å². The Hall–Kier alpha value is -0.120. The molecule has 0 aromatic heterocycles. The molecule has 2 fully saturated rings. The summed E-state index contributed by atoms with van der Waals surface area (Å²) < 4.78 is 0. The van der Waals surface area contributed by atoms with Crippen molar-refractivity contribution in [1.29, 1.82) is 0 Å². The number of aliphatic hydroxyl groups excluding tert-OH is 2. The Labute approximate surface area is 73.0 Å². The van der Waals surface area contributed by atoms with E-state index in [1.165, 1.54) is 19.3 Å². The van der Waals surface area contributed by atoms with Crippen LogP contribution < -0.4 is 0 Å². The molecule has 0 aliphatic carbocycles. The van der Waals surface area contributed by atoms with Gasteiger partial charge < -0.3 is 10.2 Å². The summed E-state index contributed by atoms with van der Waals surface area (Å²) in [5, 5.41) is 18.9. The smallest absolute Gasteiger partial charge is 0.0926 e. The minimum Gasteiger partial charge on any atom is -0.390 e. The fraction of sp³-hybridized carbons (Fsp3) is 1.00. The van der Waals surface area contributed by atoms with E-state index in [1.807, 2.05) is 0 Å². The van der Waals surface area contributed by atoms with Gasteiger partial charge in [0.2, 0.25) is 0 Å². The fourth-order valence-corrected chi connectivity index (χ4v) is 2.37. The van der Waals surface area contributed by atoms with Crippen LogP contribution in [-0.4, -0.2) is 46.5 Å². The standard InChI is InChI=1S/C9H17NO2/c11-8-5-7-3-1-2-4-10(7)6-9(8)12/h7-9,11-12H,1-6H2/t7?,8-,9-/m1/s1. The molecule has 12 heavy (non-hydrogen) atoms. The molecule has 2 heterocycles. The highest BCUT2D eigenvalue weighted by Crippen LogP contribution is 2.26. The minimum atomic E-state index is -0.514. The van der Waals surface area contributed by atoms with Gasteiger partial charge in [-0.05, 0) is 25.8 Å². The topological polar surface area (TPSA) is 43.7 Å². The van der Waals surface area contributed by atoms with E-state index in [4.69, 9.17) is 0 Å². The summed E-state index contributed by atoms with van der Waals surface area (Å²) in [6, 6.07) is 0.539. The Balaban J connectivity index is 1.98. The van der Waals surface area contributed by atoms with E-state index in [-0.39, 0.29) is 0 Å². The molecule has 3 heteroatoms. The molecule has 2 saturated heterocycles. The van der Waals surface area contributed by atoms with Crippen LogP contribution in [0.1, 0.15) is 25.7 Å². The van der Waals surface area contributed by atoms with Gasteiger partial charge in [0.15, 0.2) is 0 Å². The van der Waals surface area contributed by atoms with Gasteiger partial charge in [0.25, 0.3) is 0 Å². The zero-order chi connectivity index (χ0) is 8.55. The Morgan fingerprint density at radius 2 is 1.92 bits per heavy atom. The maximum Gasteiger partial charge on any atom is 0.0926 e. The predicted molar refractivity (Wildman–Crippen MR) is 45.8 cm³/mol. The van der Waals surface area contributed by atoms with Gasteiger partial charge in [0.05, 0.1) is 12.2 Å². The van der Waals surface area contributed by atoms with Crippen LogP contribution in [0, 0.1) is 0 Å². The maximum atomic E-state index is 9.44. The quantitative estimate of drug-likeness (QED) is 0.538. The largest absolute Gasteiger partial charge is 0.390 e. The molecule has 0 aromatic rings. The molecule has 3 nitrogen and oxygen atoms in total. The van der Waals surface area contributed by atoms with Crippen molar-refractivity contribution in [1.82, 2.24) is 4.90 Å². The number of piperidine rings is 2. The highest BCUT2D eigenvalue weighted by molar-refractivity contribution is 4.88. The van der Waals surface area contributed by atoms with Crippen molar-refractivity contribution in [2.75, 3.05) is 13.1 Å². The van der Waals surface area contributed by atoms with Gasteiger partial charge in [-0.1, -0.05) is 6.42 Å². The Kier molecular flexibility index (Phi) is 2.35. The summed E-state index contributed by atoms with van der Waals surface area (Å²) in [6.07, 6.45) is 3.50. The first kappa shape index (κ1) is 8.48. The van der Waals surface area contributed by atoms with Crippen LogP contribution in [0.4, 0.5) is 0 Å². The van der Waals surface area contributed by atoms with Crippen molar-refractivity contribution in [3.05, 3.63) is 0 Å². The lowest BCUT2D eigenvalue weighted by molar-refractivity contribution is -0.0698. The molecule has 1 unspecified atom stereocenters. The second-order valence-corrected chi connectivity index (χ2v) is 4.01. The van der Waals surface area contributed by atoms with Gasteiger partial charge in [-0.2, -0.15) is 0 Å². The van der Waals surface area contributed by atoms with Gasteiger partial charge >= 0.3 is 0 Å². The Bertz CT molecular complexity index is 145. The lowest BCUT2D eigenvalue weighted by Crippen LogP contribution is -2.53. The third kappa shape index (κ3) is 1.49. The summed E-state index contributed by atoms with van der Waals surface area (Å²) in [4.78, 5) is 2.32. The van der Waals surface area contributed by atoms with E-state index in [9.17, 15) is 10.2 Å². The molecule has 2 N–H and O–H groups in total. The first-order valence-corrected chi connectivity index (χ1v) is 4.87. The molecule has 2 aliphatic rings. The number of fused-ring (bicyclic) bond motifs is 1. The number of hydrogen-bond donors (Lipinski definition) is 2. The number of rotatable bonds is 0. The molecule has 2 aliphatic heterocycles. The summed E-state index contributed by atoms with van der Waals surface area (Å²) in [6.45, 7) is 1.78. The van der Waals surface area contributed by atoms with Gasteiger partial charge in [0, 0.05) is 12.6 Å². The van der Waals surface area contributed by atoms with Crippen LogP contribution in [0.15, 0.2) is 0 Å². The highest BCUT2D eigenvalue weighted by atomic mass is 16.3. The minimum absolute atomic E-state index is 0.482. The third-order valence-electron chi connectivity index (χ3n) is 3.13. The number of nitrogens with zero attached hydrogens (tertiary/aromatic N) is 1. The van der Waals surface area contributed by atoms with Crippen LogP contribution in [0.2, 0.25) is 0 Å². The summed E-state index contributed by atoms with van der Waals surface area (Å²) in [7, 11) is 0. The van der Waals surface area contributed by atoms with E-state index >= 15 is 0 Å². The molecule has 0 amide bonds. The molecule has 3 atom stereocenters. The van der Waals surface area contributed by atoms with Crippen molar-refractivity contribution in [2.45, 2.75) is 43.9 Å². The van der Waals surface area contributed by atoms with Crippen LogP contribution in [0.3, 0.4) is 0 Å². The average molecular weight is 171 g/mol. The molecular weight excluding hydrogens is 154 g/mol. The molecule has 0 saturated carbocycles. The van der Waals surface area contributed by atoms with Crippen molar-refractivity contribution in [3.63, 3.8) is 0 Å². The normalized spacial score (nSPS) is 44.0. The summed E-state index contributed by atoms with van der Waals surface area (Å²) in [5.74, 6) is 0. The predicted octanol–water partition coefficient (Wildman–Crippen LogP) is -0.0336. The maximum absolute atomic E-state index is 9.44. The number of hydrogen-bond acceptors (Lipinski definition) is 3. The van der Waals surface area contributed by atoms with E-state index in [0.29, 0.717) is 12.6 Å². The third-order valence-corrected chi connectivity index (χ3v) is 3.13. The number of aliphatic hydroxyl groups is 2. The fourth-order valence-electron chi connectivity index (χ4n) is 2.37. The zero-order valence-corrected chi connectivity index (χ0v) is 7.32. The lowest BCUT2D eigenvalue weighted by Gasteiger charge is -2.43. The van der Waals surface area contributed by atoms with Crippen molar-refractivity contribution in [3.8, 4) is 0 Å². The molecular formula is C9H17NO2. The molecule has 0 bridgehead atoms. The second kappa shape index (κ2) is 3.32. The molecule has 0 spiro atoms. The van der Waals surface area contributed by atoms with Crippen LogP contribution in [0.5, 0.6) is 0 Å². The zero-order valence-electron chi connectivity index (χ0n) is 7.32. The van der Waals surface area contributed by atoms with Gasteiger partial charge in [-0.15, -0.1) is 0 Å². The molecule has 2 rings (SSSR count). The van der Waals surface area contributed by atoms with E-state index in [1.54, 1.807) is 0 Å². The first-order valence-electron chi connectivity index (χ1n) is 4.87. The lowest BCUT2D eigenvalue weighted by atomic mass is 9.90. The SMILES string of the molecule is O[C@@H]1CC2CCCCN2C[C@H]1O. The van der Waals surface area contributed by atoms with E-state index in [0.717, 1.165) is 13.0 Å². The highest BCUT2D eigenvalue weighted by Gasteiger charge is 2.34.